The van der Waals surface area contributed by atoms with Crippen LogP contribution >= 0.6 is 0 Å². The Morgan fingerprint density at radius 3 is 2.24 bits per heavy atom. The highest BCUT2D eigenvalue weighted by Crippen LogP contribution is 2.33. The molecule has 1 unspecified atom stereocenters. The van der Waals surface area contributed by atoms with Crippen molar-refractivity contribution in [2.45, 2.75) is 19.1 Å². The van der Waals surface area contributed by atoms with Crippen molar-refractivity contribution in [3.63, 3.8) is 0 Å². The van der Waals surface area contributed by atoms with Crippen molar-refractivity contribution in [3.8, 4) is 0 Å². The summed E-state index contributed by atoms with van der Waals surface area (Å²) >= 11 is 0. The zero-order valence-electron chi connectivity index (χ0n) is 11.0. The lowest BCUT2D eigenvalue weighted by atomic mass is 10.1. The number of hydrogen-bond acceptors (Lipinski definition) is 1. The van der Waals surface area contributed by atoms with Gasteiger partial charge in [0.05, 0.1) is 17.3 Å². The zero-order chi connectivity index (χ0) is 15.6. The minimum absolute atomic E-state index is 0.245. The highest BCUT2D eigenvalue weighted by molar-refractivity contribution is 5.49. The van der Waals surface area contributed by atoms with Gasteiger partial charge in [-0.25, -0.2) is 8.78 Å². The molecule has 0 aliphatic rings. The van der Waals surface area contributed by atoms with Gasteiger partial charge in [-0.05, 0) is 31.2 Å². The van der Waals surface area contributed by atoms with Gasteiger partial charge in [0, 0.05) is 5.56 Å². The molecular weight excluding hydrogens is 289 g/mol. The van der Waals surface area contributed by atoms with Crippen LogP contribution in [-0.4, -0.2) is 0 Å². The lowest BCUT2D eigenvalue weighted by Gasteiger charge is -2.18. The molecule has 0 aliphatic carbocycles. The molecule has 0 bridgehead atoms. The molecular formula is C15H12F5N. The Morgan fingerprint density at radius 1 is 0.952 bits per heavy atom. The third-order valence-electron chi connectivity index (χ3n) is 3.04. The molecule has 112 valence electrons. The first kappa shape index (κ1) is 15.3. The SMILES string of the molecule is CC(Nc1cc(C(F)(F)F)ccc1F)c1ccccc1F. The van der Waals surface area contributed by atoms with Crippen molar-refractivity contribution in [3.05, 3.63) is 65.2 Å². The molecule has 2 aromatic rings. The summed E-state index contributed by atoms with van der Waals surface area (Å²) in [5.41, 5.74) is -1.04. The van der Waals surface area contributed by atoms with E-state index in [1.807, 2.05) is 0 Å². The van der Waals surface area contributed by atoms with Crippen LogP contribution in [-0.2, 0) is 6.18 Å². The summed E-state index contributed by atoms with van der Waals surface area (Å²) in [5.74, 6) is -1.34. The molecule has 0 spiro atoms. The highest BCUT2D eigenvalue weighted by atomic mass is 19.4. The van der Waals surface area contributed by atoms with Gasteiger partial charge in [0.2, 0.25) is 0 Å². The van der Waals surface area contributed by atoms with Crippen LogP contribution < -0.4 is 5.32 Å². The number of rotatable bonds is 3. The Bertz CT molecular complexity index is 636. The fraction of sp³-hybridized carbons (Fsp3) is 0.200. The molecule has 0 heterocycles. The van der Waals surface area contributed by atoms with Gasteiger partial charge in [-0.1, -0.05) is 18.2 Å². The van der Waals surface area contributed by atoms with Crippen LogP contribution in [0.3, 0.4) is 0 Å². The number of benzene rings is 2. The maximum atomic E-state index is 13.6. The Balaban J connectivity index is 2.29. The van der Waals surface area contributed by atoms with E-state index in [0.717, 1.165) is 6.07 Å². The monoisotopic (exact) mass is 301 g/mol. The molecule has 0 aliphatic heterocycles. The number of nitrogens with one attached hydrogen (secondary N) is 1. The molecule has 0 saturated heterocycles. The first-order valence-corrected chi connectivity index (χ1v) is 6.16. The van der Waals surface area contributed by atoms with Crippen LogP contribution in [0.15, 0.2) is 42.5 Å². The number of anilines is 1. The van der Waals surface area contributed by atoms with Crippen molar-refractivity contribution in [2.24, 2.45) is 0 Å². The van der Waals surface area contributed by atoms with Crippen LogP contribution in [0.4, 0.5) is 27.6 Å². The first-order valence-electron chi connectivity index (χ1n) is 6.16. The molecule has 0 saturated carbocycles. The minimum atomic E-state index is -4.56. The molecule has 0 fully saturated rings. The number of hydrogen-bond donors (Lipinski definition) is 1. The normalized spacial score (nSPS) is 13.0. The van der Waals surface area contributed by atoms with Crippen molar-refractivity contribution in [1.29, 1.82) is 0 Å². The maximum absolute atomic E-state index is 13.6. The summed E-state index contributed by atoms with van der Waals surface area (Å²) in [6, 6.07) is 7.20. The summed E-state index contributed by atoms with van der Waals surface area (Å²) in [4.78, 5) is 0. The fourth-order valence-electron chi connectivity index (χ4n) is 1.95. The second-order valence-corrected chi connectivity index (χ2v) is 4.58. The van der Waals surface area contributed by atoms with Crippen LogP contribution in [0.5, 0.6) is 0 Å². The van der Waals surface area contributed by atoms with E-state index in [0.29, 0.717) is 12.1 Å². The van der Waals surface area contributed by atoms with E-state index in [4.69, 9.17) is 0 Å². The van der Waals surface area contributed by atoms with E-state index in [-0.39, 0.29) is 11.3 Å². The Hall–Kier alpha value is -2.11. The van der Waals surface area contributed by atoms with E-state index in [1.165, 1.54) is 25.1 Å². The summed E-state index contributed by atoms with van der Waals surface area (Å²) in [7, 11) is 0. The standard InChI is InChI=1S/C15H12F5N/c1-9(11-4-2-3-5-12(11)16)21-14-8-10(15(18,19)20)6-7-13(14)17/h2-9,21H,1H3. The Labute approximate surface area is 118 Å². The average molecular weight is 301 g/mol. The lowest BCUT2D eigenvalue weighted by molar-refractivity contribution is -0.137. The van der Waals surface area contributed by atoms with Crippen molar-refractivity contribution >= 4 is 5.69 Å². The summed E-state index contributed by atoms with van der Waals surface area (Å²) < 4.78 is 65.1. The smallest absolute Gasteiger partial charge is 0.376 e. The summed E-state index contributed by atoms with van der Waals surface area (Å²) in [6.45, 7) is 1.54. The van der Waals surface area contributed by atoms with Crippen molar-refractivity contribution < 1.29 is 22.0 Å². The van der Waals surface area contributed by atoms with Gasteiger partial charge < -0.3 is 5.32 Å². The molecule has 1 atom stereocenters. The first-order chi connectivity index (χ1) is 9.79. The average Bonchev–Trinajstić information content (AvgIpc) is 2.40. The molecule has 0 aromatic heterocycles. The van der Waals surface area contributed by atoms with Crippen molar-refractivity contribution in [1.82, 2.24) is 0 Å². The molecule has 0 amide bonds. The Kier molecular flexibility index (Phi) is 4.16. The van der Waals surface area contributed by atoms with Crippen LogP contribution in [0.2, 0.25) is 0 Å². The van der Waals surface area contributed by atoms with Gasteiger partial charge in [0.1, 0.15) is 11.6 Å². The predicted molar refractivity (Wildman–Crippen MR) is 69.8 cm³/mol. The quantitative estimate of drug-likeness (QED) is 0.772. The molecule has 1 N–H and O–H groups in total. The van der Waals surface area contributed by atoms with E-state index in [2.05, 4.69) is 5.32 Å². The van der Waals surface area contributed by atoms with Gasteiger partial charge in [0.25, 0.3) is 0 Å². The highest BCUT2D eigenvalue weighted by Gasteiger charge is 2.31. The van der Waals surface area contributed by atoms with E-state index in [9.17, 15) is 22.0 Å². The van der Waals surface area contributed by atoms with E-state index >= 15 is 0 Å². The summed E-state index contributed by atoms with van der Waals surface area (Å²) in [5, 5.41) is 2.56. The molecule has 1 nitrogen and oxygen atoms in total. The third kappa shape index (κ3) is 3.51. The lowest BCUT2D eigenvalue weighted by Crippen LogP contribution is -2.12. The fourth-order valence-corrected chi connectivity index (χ4v) is 1.95. The second-order valence-electron chi connectivity index (χ2n) is 4.58. The third-order valence-corrected chi connectivity index (χ3v) is 3.04. The van der Waals surface area contributed by atoms with Gasteiger partial charge >= 0.3 is 6.18 Å². The molecule has 0 radical (unpaired) electrons. The minimum Gasteiger partial charge on any atom is -0.376 e. The number of halogens is 5. The van der Waals surface area contributed by atoms with E-state index in [1.54, 1.807) is 6.07 Å². The maximum Gasteiger partial charge on any atom is 0.416 e. The Morgan fingerprint density at radius 2 is 1.62 bits per heavy atom. The van der Waals surface area contributed by atoms with Crippen LogP contribution in [0.25, 0.3) is 0 Å². The molecule has 2 rings (SSSR count). The topological polar surface area (TPSA) is 12.0 Å². The summed E-state index contributed by atoms with van der Waals surface area (Å²) in [6.07, 6.45) is -4.56. The van der Waals surface area contributed by atoms with Gasteiger partial charge in [-0.3, -0.25) is 0 Å². The zero-order valence-corrected chi connectivity index (χ0v) is 11.0. The molecule has 21 heavy (non-hydrogen) atoms. The predicted octanol–water partition coefficient (Wildman–Crippen LogP) is 5.16. The largest absolute Gasteiger partial charge is 0.416 e. The molecule has 2 aromatic carbocycles. The van der Waals surface area contributed by atoms with Crippen LogP contribution in [0, 0.1) is 11.6 Å². The van der Waals surface area contributed by atoms with Gasteiger partial charge in [0.15, 0.2) is 0 Å². The van der Waals surface area contributed by atoms with Gasteiger partial charge in [-0.2, -0.15) is 13.2 Å². The number of alkyl halides is 3. The molecule has 6 heteroatoms. The van der Waals surface area contributed by atoms with Gasteiger partial charge in [-0.15, -0.1) is 0 Å². The van der Waals surface area contributed by atoms with Crippen molar-refractivity contribution in [2.75, 3.05) is 5.32 Å². The second kappa shape index (κ2) is 5.71. The van der Waals surface area contributed by atoms with Crippen LogP contribution in [0.1, 0.15) is 24.1 Å². The van der Waals surface area contributed by atoms with E-state index < -0.39 is 29.4 Å².